The fourth-order valence-electron chi connectivity index (χ4n) is 5.36. The molecule has 0 bridgehead atoms. The number of anilines is 1. The third-order valence-corrected chi connectivity index (χ3v) is 7.49. The maximum absolute atomic E-state index is 14.9. The Kier molecular flexibility index (Phi) is 6.61. The summed E-state index contributed by atoms with van der Waals surface area (Å²) in [6.07, 6.45) is 0.663. The average Bonchev–Trinajstić information content (AvgIpc) is 2.87. The number of benzene rings is 2. The molecule has 2 aliphatic rings. The quantitative estimate of drug-likeness (QED) is 0.432. The largest absolute Gasteiger partial charge is 0.507 e. The molecular formula is C26H28ClFN4O5. The van der Waals surface area contributed by atoms with Gasteiger partial charge in [0.05, 0.1) is 34.3 Å². The Hall–Kier alpha value is -3.18. The van der Waals surface area contributed by atoms with Crippen LogP contribution in [0.3, 0.4) is 0 Å². The standard InChI is InChI=1S/C26H28ClFN4O5/c1-4-20(35)30-9-14(3)31(10-13(30)2)25-16-8-17(27)21(22-18(28)6-5-7-19(22)34)24-23(16)32(26(36)29-25)15(11-33)12-37-24/h4-8,13-15,20,33-35H,1,9-12H2,2-3H3/t13-,14+,15+,20?/m1/s1. The maximum Gasteiger partial charge on any atom is 0.350 e. The lowest BCUT2D eigenvalue weighted by atomic mass is 9.98. The third-order valence-electron chi connectivity index (χ3n) is 7.19. The summed E-state index contributed by atoms with van der Waals surface area (Å²) < 4.78 is 22.3. The van der Waals surface area contributed by atoms with Crippen molar-refractivity contribution in [1.82, 2.24) is 14.5 Å². The fourth-order valence-corrected chi connectivity index (χ4v) is 5.65. The summed E-state index contributed by atoms with van der Waals surface area (Å²) in [6.45, 7) is 8.09. The second-order valence-electron chi connectivity index (χ2n) is 9.52. The van der Waals surface area contributed by atoms with E-state index in [0.29, 0.717) is 29.8 Å². The summed E-state index contributed by atoms with van der Waals surface area (Å²) in [5, 5.41) is 31.4. The second kappa shape index (κ2) is 9.60. The van der Waals surface area contributed by atoms with Gasteiger partial charge in [-0.1, -0.05) is 24.2 Å². The molecule has 5 rings (SSSR count). The minimum absolute atomic E-state index is 0.0619. The minimum atomic E-state index is -0.807. The molecule has 2 aromatic carbocycles. The number of hydrogen-bond donors (Lipinski definition) is 3. The first kappa shape index (κ1) is 25.5. The van der Waals surface area contributed by atoms with Gasteiger partial charge in [0.2, 0.25) is 0 Å². The molecule has 0 amide bonds. The summed E-state index contributed by atoms with van der Waals surface area (Å²) in [4.78, 5) is 21.7. The van der Waals surface area contributed by atoms with E-state index in [9.17, 15) is 24.5 Å². The van der Waals surface area contributed by atoms with E-state index >= 15 is 0 Å². The van der Waals surface area contributed by atoms with E-state index in [-0.39, 0.29) is 52.9 Å². The summed E-state index contributed by atoms with van der Waals surface area (Å²) >= 11 is 6.72. The number of rotatable bonds is 5. The number of aromatic nitrogens is 2. The predicted octanol–water partition coefficient (Wildman–Crippen LogP) is 2.89. The molecule has 11 heteroatoms. The summed E-state index contributed by atoms with van der Waals surface area (Å²) in [7, 11) is 0. The Labute approximate surface area is 217 Å². The van der Waals surface area contributed by atoms with Crippen molar-refractivity contribution in [2.75, 3.05) is 31.2 Å². The lowest BCUT2D eigenvalue weighted by molar-refractivity contribution is 0.0000437. The molecule has 3 N–H and O–H groups in total. The molecule has 196 valence electrons. The monoisotopic (exact) mass is 530 g/mol. The molecule has 37 heavy (non-hydrogen) atoms. The highest BCUT2D eigenvalue weighted by Crippen LogP contribution is 2.49. The Balaban J connectivity index is 1.77. The summed E-state index contributed by atoms with van der Waals surface area (Å²) in [5.41, 5.74) is -0.300. The topological polar surface area (TPSA) is 111 Å². The molecule has 1 saturated heterocycles. The molecule has 0 radical (unpaired) electrons. The summed E-state index contributed by atoms with van der Waals surface area (Å²) in [6, 6.07) is 4.56. The maximum atomic E-state index is 14.9. The second-order valence-corrected chi connectivity index (χ2v) is 9.93. The van der Waals surface area contributed by atoms with Crippen molar-refractivity contribution in [3.63, 3.8) is 0 Å². The van der Waals surface area contributed by atoms with Crippen molar-refractivity contribution in [1.29, 1.82) is 0 Å². The summed E-state index contributed by atoms with van der Waals surface area (Å²) in [5.74, 6) is -0.520. The van der Waals surface area contributed by atoms with Gasteiger partial charge in [-0.3, -0.25) is 9.47 Å². The Bertz CT molecular complexity index is 1430. The van der Waals surface area contributed by atoms with E-state index < -0.39 is 23.8 Å². The normalized spacial score (nSPS) is 22.6. The number of aliphatic hydroxyl groups is 2. The van der Waals surface area contributed by atoms with Crippen molar-refractivity contribution in [2.24, 2.45) is 0 Å². The lowest BCUT2D eigenvalue weighted by Gasteiger charge is -2.46. The molecule has 1 fully saturated rings. The molecule has 3 aromatic rings. The number of aromatic hydroxyl groups is 1. The van der Waals surface area contributed by atoms with Crippen LogP contribution in [0.4, 0.5) is 10.2 Å². The average molecular weight is 531 g/mol. The Morgan fingerprint density at radius 3 is 2.73 bits per heavy atom. The van der Waals surface area contributed by atoms with Gasteiger partial charge in [-0.25, -0.2) is 9.18 Å². The van der Waals surface area contributed by atoms with E-state index in [1.54, 1.807) is 6.07 Å². The van der Waals surface area contributed by atoms with E-state index in [2.05, 4.69) is 11.6 Å². The predicted molar refractivity (Wildman–Crippen MR) is 139 cm³/mol. The molecule has 3 heterocycles. The first-order valence-corrected chi connectivity index (χ1v) is 12.4. The van der Waals surface area contributed by atoms with E-state index in [1.165, 1.54) is 28.8 Å². The van der Waals surface area contributed by atoms with Gasteiger partial charge in [-0.05, 0) is 38.1 Å². The van der Waals surface area contributed by atoms with Crippen LogP contribution >= 0.6 is 11.6 Å². The highest BCUT2D eigenvalue weighted by molar-refractivity contribution is 6.35. The lowest BCUT2D eigenvalue weighted by Crippen LogP contribution is -2.59. The van der Waals surface area contributed by atoms with E-state index in [0.717, 1.165) is 0 Å². The molecule has 1 unspecified atom stereocenters. The van der Waals surface area contributed by atoms with Gasteiger partial charge < -0.3 is 25.0 Å². The van der Waals surface area contributed by atoms with E-state index in [1.807, 2.05) is 23.6 Å². The van der Waals surface area contributed by atoms with Crippen LogP contribution in [-0.2, 0) is 0 Å². The molecule has 0 aliphatic carbocycles. The van der Waals surface area contributed by atoms with Gasteiger partial charge in [0, 0.05) is 30.6 Å². The van der Waals surface area contributed by atoms with Gasteiger partial charge in [-0.15, -0.1) is 0 Å². The molecule has 0 spiro atoms. The minimum Gasteiger partial charge on any atom is -0.507 e. The molecule has 9 nitrogen and oxygen atoms in total. The number of nitrogens with zero attached hydrogens (tertiary/aromatic N) is 4. The Morgan fingerprint density at radius 2 is 2.05 bits per heavy atom. The van der Waals surface area contributed by atoms with Crippen molar-refractivity contribution in [2.45, 2.75) is 38.2 Å². The zero-order valence-corrected chi connectivity index (χ0v) is 21.2. The van der Waals surface area contributed by atoms with Crippen molar-refractivity contribution < 1.29 is 24.4 Å². The molecular weight excluding hydrogens is 503 g/mol. The van der Waals surface area contributed by atoms with Crippen molar-refractivity contribution in [3.05, 3.63) is 58.2 Å². The first-order chi connectivity index (χ1) is 17.7. The number of phenolic OH excluding ortho intramolecular Hbond substituents is 1. The SMILES string of the molecule is C=CC(O)N1C[C@H](C)N(c2nc(=O)n3c4c(c(-c5c(O)cccc5F)c(Cl)cc24)OC[C@@H]3CO)C[C@H]1C. The first-order valence-electron chi connectivity index (χ1n) is 12.0. The van der Waals surface area contributed by atoms with Crippen LogP contribution in [-0.4, -0.2) is 74.4 Å². The van der Waals surface area contributed by atoms with Crippen molar-refractivity contribution in [3.8, 4) is 22.6 Å². The number of halogens is 2. The zero-order valence-electron chi connectivity index (χ0n) is 20.4. The highest BCUT2D eigenvalue weighted by Gasteiger charge is 2.36. The molecule has 1 aromatic heterocycles. The van der Waals surface area contributed by atoms with Crippen LogP contribution in [0.5, 0.6) is 11.5 Å². The van der Waals surface area contributed by atoms with Gasteiger partial charge in [0.15, 0.2) is 5.75 Å². The van der Waals surface area contributed by atoms with Gasteiger partial charge in [-0.2, -0.15) is 4.98 Å². The zero-order chi connectivity index (χ0) is 26.6. The number of aliphatic hydroxyl groups excluding tert-OH is 2. The molecule has 4 atom stereocenters. The van der Waals surface area contributed by atoms with Gasteiger partial charge >= 0.3 is 5.69 Å². The number of ether oxygens (including phenoxy) is 1. The third kappa shape index (κ3) is 4.04. The smallest absolute Gasteiger partial charge is 0.350 e. The fraction of sp³-hybridized carbons (Fsp3) is 0.385. The van der Waals surface area contributed by atoms with Crippen LogP contribution < -0.4 is 15.3 Å². The number of phenols is 1. The molecule has 0 saturated carbocycles. The van der Waals surface area contributed by atoms with Crippen molar-refractivity contribution >= 4 is 28.3 Å². The highest BCUT2D eigenvalue weighted by atomic mass is 35.5. The Morgan fingerprint density at radius 1 is 1.30 bits per heavy atom. The van der Waals surface area contributed by atoms with Crippen LogP contribution in [0.15, 0.2) is 41.7 Å². The van der Waals surface area contributed by atoms with Crippen LogP contribution in [0.1, 0.15) is 19.9 Å². The van der Waals surface area contributed by atoms with Crippen LogP contribution in [0.2, 0.25) is 5.02 Å². The number of hydrogen-bond acceptors (Lipinski definition) is 8. The van der Waals surface area contributed by atoms with Gasteiger partial charge in [0.1, 0.15) is 30.2 Å². The van der Waals surface area contributed by atoms with Gasteiger partial charge in [0.25, 0.3) is 0 Å². The van der Waals surface area contributed by atoms with E-state index in [4.69, 9.17) is 16.3 Å². The number of piperazine rings is 1. The molecule has 2 aliphatic heterocycles. The van der Waals surface area contributed by atoms with Crippen LogP contribution in [0.25, 0.3) is 22.0 Å². The van der Waals surface area contributed by atoms with Crippen LogP contribution in [0, 0.1) is 5.82 Å².